The van der Waals surface area contributed by atoms with Gasteiger partial charge in [0.1, 0.15) is 52.6 Å². The smallest absolute Gasteiger partial charge is 0.197 e. The molecular formula is C20H18O10. The number of benzene rings is 2. The zero-order chi connectivity index (χ0) is 21.7. The summed E-state index contributed by atoms with van der Waals surface area (Å²) in [7, 11) is 0. The standard InChI is InChI=1S/C20H18O10/c21-6-14-17(26)19(28)20(30-14)16-11(25)5-13-15(18(16)27)10(24)4-12(29-13)7-1-2-8(22)9(23)3-7/h1-5,14,17,19-23,25-28H,6H2/t14-,17-,19+,20+/m1/s1. The molecule has 4 atom stereocenters. The summed E-state index contributed by atoms with van der Waals surface area (Å²) in [5.41, 5.74) is -0.942. The number of aliphatic hydroxyl groups excluding tert-OH is 3. The van der Waals surface area contributed by atoms with Gasteiger partial charge in [0.15, 0.2) is 16.9 Å². The van der Waals surface area contributed by atoms with Gasteiger partial charge >= 0.3 is 0 Å². The van der Waals surface area contributed by atoms with Crippen LogP contribution in [0.3, 0.4) is 0 Å². The quantitative estimate of drug-likeness (QED) is 0.295. The van der Waals surface area contributed by atoms with Crippen molar-refractivity contribution >= 4 is 11.0 Å². The molecule has 7 N–H and O–H groups in total. The maximum Gasteiger partial charge on any atom is 0.197 e. The first-order valence-electron chi connectivity index (χ1n) is 8.90. The predicted molar refractivity (Wildman–Crippen MR) is 101 cm³/mol. The summed E-state index contributed by atoms with van der Waals surface area (Å²) in [6.45, 7) is -0.602. The molecule has 10 heteroatoms. The topological polar surface area (TPSA) is 181 Å². The lowest BCUT2D eigenvalue weighted by molar-refractivity contribution is -0.0238. The van der Waals surface area contributed by atoms with Gasteiger partial charge in [0.25, 0.3) is 0 Å². The second-order valence-corrected chi connectivity index (χ2v) is 6.97. The molecule has 0 saturated carbocycles. The van der Waals surface area contributed by atoms with Crippen LogP contribution in [-0.4, -0.2) is 60.7 Å². The Morgan fingerprint density at radius 3 is 2.27 bits per heavy atom. The second kappa shape index (κ2) is 7.18. The number of fused-ring (bicyclic) bond motifs is 1. The average molecular weight is 418 g/mol. The van der Waals surface area contributed by atoms with Gasteiger partial charge in [-0.2, -0.15) is 0 Å². The maximum absolute atomic E-state index is 12.7. The van der Waals surface area contributed by atoms with E-state index in [4.69, 9.17) is 9.15 Å². The average Bonchev–Trinajstić information content (AvgIpc) is 2.97. The van der Waals surface area contributed by atoms with Gasteiger partial charge in [0, 0.05) is 17.7 Å². The fraction of sp³-hybridized carbons (Fsp3) is 0.250. The van der Waals surface area contributed by atoms with E-state index in [9.17, 15) is 40.5 Å². The minimum Gasteiger partial charge on any atom is -0.507 e. The highest BCUT2D eigenvalue weighted by molar-refractivity contribution is 5.88. The van der Waals surface area contributed by atoms with Crippen LogP contribution in [0.25, 0.3) is 22.3 Å². The van der Waals surface area contributed by atoms with Crippen LogP contribution in [0.4, 0.5) is 0 Å². The van der Waals surface area contributed by atoms with E-state index < -0.39 is 53.7 Å². The fourth-order valence-electron chi connectivity index (χ4n) is 3.54. The number of aromatic hydroxyl groups is 4. The SMILES string of the molecule is O=c1cc(-c2ccc(O)c(O)c2)oc2cc(O)c([C@@H]3O[C@H](CO)[C@@H](O)[C@@H]3O)c(O)c12. The van der Waals surface area contributed by atoms with Crippen molar-refractivity contribution in [3.63, 3.8) is 0 Å². The summed E-state index contributed by atoms with van der Waals surface area (Å²) in [5.74, 6) is -2.05. The third-order valence-electron chi connectivity index (χ3n) is 5.10. The molecule has 4 rings (SSSR count). The molecule has 1 saturated heterocycles. The zero-order valence-corrected chi connectivity index (χ0v) is 15.3. The predicted octanol–water partition coefficient (Wildman–Crippen LogP) is 0.436. The van der Waals surface area contributed by atoms with E-state index >= 15 is 0 Å². The van der Waals surface area contributed by atoms with Crippen LogP contribution in [0, 0.1) is 0 Å². The van der Waals surface area contributed by atoms with Gasteiger partial charge in [-0.25, -0.2) is 0 Å². The van der Waals surface area contributed by atoms with Crippen molar-refractivity contribution in [1.29, 1.82) is 0 Å². The summed E-state index contributed by atoms with van der Waals surface area (Å²) in [6.07, 6.45) is -5.56. The Balaban J connectivity index is 1.87. The summed E-state index contributed by atoms with van der Waals surface area (Å²) < 4.78 is 10.9. The summed E-state index contributed by atoms with van der Waals surface area (Å²) in [4.78, 5) is 12.7. The number of aliphatic hydroxyl groups is 3. The van der Waals surface area contributed by atoms with Crippen LogP contribution < -0.4 is 5.43 Å². The highest BCUT2D eigenvalue weighted by atomic mass is 16.6. The Morgan fingerprint density at radius 2 is 1.63 bits per heavy atom. The lowest BCUT2D eigenvalue weighted by Crippen LogP contribution is -2.32. The summed E-state index contributed by atoms with van der Waals surface area (Å²) >= 11 is 0. The van der Waals surface area contributed by atoms with E-state index in [2.05, 4.69) is 0 Å². The molecule has 1 aliphatic heterocycles. The monoisotopic (exact) mass is 418 g/mol. The van der Waals surface area contributed by atoms with Crippen molar-refractivity contribution < 1.29 is 44.9 Å². The number of ether oxygens (including phenoxy) is 1. The van der Waals surface area contributed by atoms with Crippen LogP contribution >= 0.6 is 0 Å². The maximum atomic E-state index is 12.7. The Kier molecular flexibility index (Phi) is 4.79. The molecule has 30 heavy (non-hydrogen) atoms. The van der Waals surface area contributed by atoms with Gasteiger partial charge in [-0.3, -0.25) is 4.79 Å². The van der Waals surface area contributed by atoms with Gasteiger partial charge in [-0.1, -0.05) is 0 Å². The number of hydrogen-bond acceptors (Lipinski definition) is 10. The molecule has 1 aromatic heterocycles. The fourth-order valence-corrected chi connectivity index (χ4v) is 3.54. The molecule has 0 amide bonds. The second-order valence-electron chi connectivity index (χ2n) is 6.97. The van der Waals surface area contributed by atoms with Crippen LogP contribution in [-0.2, 0) is 4.74 Å². The molecule has 2 heterocycles. The highest BCUT2D eigenvalue weighted by Crippen LogP contribution is 2.45. The molecule has 158 valence electrons. The van der Waals surface area contributed by atoms with E-state index in [1.807, 2.05) is 0 Å². The largest absolute Gasteiger partial charge is 0.507 e. The van der Waals surface area contributed by atoms with E-state index in [-0.39, 0.29) is 33.6 Å². The van der Waals surface area contributed by atoms with E-state index in [0.717, 1.165) is 12.1 Å². The molecule has 0 radical (unpaired) electrons. The molecule has 1 aliphatic rings. The molecule has 2 aromatic carbocycles. The molecule has 0 unspecified atom stereocenters. The Bertz CT molecular complexity index is 1180. The zero-order valence-electron chi connectivity index (χ0n) is 15.3. The van der Waals surface area contributed by atoms with E-state index in [1.165, 1.54) is 18.2 Å². The molecule has 0 bridgehead atoms. The van der Waals surface area contributed by atoms with Crippen LogP contribution in [0.1, 0.15) is 11.7 Å². The third-order valence-corrected chi connectivity index (χ3v) is 5.10. The van der Waals surface area contributed by atoms with Gasteiger partial charge in [0.05, 0.1) is 12.2 Å². The highest BCUT2D eigenvalue weighted by Gasteiger charge is 2.45. The number of hydrogen-bond donors (Lipinski definition) is 7. The summed E-state index contributed by atoms with van der Waals surface area (Å²) in [6, 6.07) is 5.87. The van der Waals surface area contributed by atoms with Crippen molar-refractivity contribution in [2.45, 2.75) is 24.4 Å². The molecule has 10 nitrogen and oxygen atoms in total. The van der Waals surface area contributed by atoms with E-state index in [1.54, 1.807) is 0 Å². The molecule has 0 spiro atoms. The van der Waals surface area contributed by atoms with Crippen molar-refractivity contribution in [2.24, 2.45) is 0 Å². The van der Waals surface area contributed by atoms with Crippen LogP contribution in [0.2, 0.25) is 0 Å². The minimum absolute atomic E-state index is 0.00210. The van der Waals surface area contributed by atoms with Crippen molar-refractivity contribution in [3.8, 4) is 34.3 Å². The van der Waals surface area contributed by atoms with Gasteiger partial charge < -0.3 is 44.9 Å². The molecule has 1 fully saturated rings. The Morgan fingerprint density at radius 1 is 0.900 bits per heavy atom. The van der Waals surface area contributed by atoms with Crippen LogP contribution in [0.5, 0.6) is 23.0 Å². The van der Waals surface area contributed by atoms with Gasteiger partial charge in [0.2, 0.25) is 0 Å². The van der Waals surface area contributed by atoms with Gasteiger partial charge in [-0.15, -0.1) is 0 Å². The van der Waals surface area contributed by atoms with Crippen LogP contribution in [0.15, 0.2) is 39.5 Å². The van der Waals surface area contributed by atoms with Crippen molar-refractivity contribution in [1.82, 2.24) is 0 Å². The Hall–Kier alpha value is -3.31. The molecule has 3 aromatic rings. The van der Waals surface area contributed by atoms with Gasteiger partial charge in [-0.05, 0) is 18.2 Å². The third kappa shape index (κ3) is 3.02. The minimum atomic E-state index is -1.57. The number of phenolic OH excluding ortho intramolecular Hbond substituents is 4. The van der Waals surface area contributed by atoms with E-state index in [0.29, 0.717) is 0 Å². The van der Waals surface area contributed by atoms with Crippen molar-refractivity contribution in [2.75, 3.05) is 6.61 Å². The first-order chi connectivity index (χ1) is 14.2. The Labute approximate surface area is 168 Å². The van der Waals surface area contributed by atoms with Crippen molar-refractivity contribution in [3.05, 3.63) is 46.1 Å². The lowest BCUT2D eigenvalue weighted by Gasteiger charge is -2.18. The molecular weight excluding hydrogens is 400 g/mol. The first-order valence-corrected chi connectivity index (χ1v) is 8.90. The first kappa shape index (κ1) is 20.0. The lowest BCUT2D eigenvalue weighted by atomic mass is 9.97. The molecule has 0 aliphatic carbocycles. The number of phenols is 4. The normalized spacial score (nSPS) is 23.8. The number of rotatable bonds is 3. The summed E-state index contributed by atoms with van der Waals surface area (Å²) in [5, 5.41) is 69.2.